The highest BCUT2D eigenvalue weighted by Gasteiger charge is 2.28. The number of nitrogens with two attached hydrogens (primary N) is 1. The van der Waals surface area contributed by atoms with E-state index in [1.165, 1.54) is 17.7 Å². The van der Waals surface area contributed by atoms with Crippen molar-refractivity contribution in [2.75, 3.05) is 0 Å². The lowest BCUT2D eigenvalue weighted by Gasteiger charge is -2.12. The molecule has 0 aliphatic heterocycles. The van der Waals surface area contributed by atoms with Crippen molar-refractivity contribution in [2.45, 2.75) is 25.4 Å². The molecule has 84 valence electrons. The van der Waals surface area contributed by atoms with Crippen LogP contribution < -0.4 is 5.73 Å². The molecule has 3 rings (SSSR count). The average Bonchev–Trinajstić information content (AvgIpc) is 2.81. The lowest BCUT2D eigenvalue weighted by molar-refractivity contribution is 0.505. The maximum atomic E-state index is 6.15. The van der Waals surface area contributed by atoms with E-state index >= 15 is 0 Å². The molecule has 1 aliphatic carbocycles. The highest BCUT2D eigenvalue weighted by molar-refractivity contribution is 7.13. The molecule has 4 heteroatoms. The van der Waals surface area contributed by atoms with Crippen molar-refractivity contribution in [3.05, 3.63) is 29.9 Å². The van der Waals surface area contributed by atoms with E-state index in [4.69, 9.17) is 5.73 Å². The van der Waals surface area contributed by atoms with Crippen molar-refractivity contribution < 1.29 is 0 Å². The smallest absolute Gasteiger partial charge is 0.150 e. The predicted octanol–water partition coefficient (Wildman–Crippen LogP) is 2.35. The number of imidazole rings is 1. The van der Waals surface area contributed by atoms with E-state index in [1.54, 1.807) is 11.3 Å². The fraction of sp³-hybridized carbons (Fsp3) is 0.417. The Morgan fingerprint density at radius 3 is 3.12 bits per heavy atom. The topological polar surface area (TPSA) is 43.8 Å². The van der Waals surface area contributed by atoms with Crippen molar-refractivity contribution in [2.24, 2.45) is 11.7 Å². The Morgan fingerprint density at radius 1 is 1.56 bits per heavy atom. The van der Waals surface area contributed by atoms with Crippen LogP contribution in [0.5, 0.6) is 0 Å². The Bertz CT molecular complexity index is 456. The van der Waals surface area contributed by atoms with Crippen LogP contribution in [0.4, 0.5) is 0 Å². The summed E-state index contributed by atoms with van der Waals surface area (Å²) in [5.74, 6) is 1.78. The fourth-order valence-corrected chi connectivity index (χ4v) is 2.72. The highest BCUT2D eigenvalue weighted by Crippen LogP contribution is 2.33. The van der Waals surface area contributed by atoms with Crippen molar-refractivity contribution >= 4 is 11.3 Å². The van der Waals surface area contributed by atoms with Crippen LogP contribution in [0.3, 0.4) is 0 Å². The Morgan fingerprint density at radius 2 is 2.44 bits per heavy atom. The molecule has 1 saturated carbocycles. The summed E-state index contributed by atoms with van der Waals surface area (Å²) in [4.78, 5) is 5.63. The molecule has 1 atom stereocenters. The van der Waals surface area contributed by atoms with Crippen molar-refractivity contribution in [1.82, 2.24) is 9.55 Å². The van der Waals surface area contributed by atoms with E-state index in [2.05, 4.69) is 27.1 Å². The van der Waals surface area contributed by atoms with Gasteiger partial charge in [-0.1, -0.05) is 6.07 Å². The maximum Gasteiger partial charge on any atom is 0.150 e. The molecule has 0 spiro atoms. The van der Waals surface area contributed by atoms with E-state index in [9.17, 15) is 0 Å². The minimum absolute atomic E-state index is 0.285. The summed E-state index contributed by atoms with van der Waals surface area (Å²) in [7, 11) is 0. The van der Waals surface area contributed by atoms with Gasteiger partial charge in [0.25, 0.3) is 0 Å². The van der Waals surface area contributed by atoms with E-state index in [0.29, 0.717) is 0 Å². The predicted molar refractivity (Wildman–Crippen MR) is 66.2 cm³/mol. The van der Waals surface area contributed by atoms with Crippen LogP contribution in [0.15, 0.2) is 29.9 Å². The second kappa shape index (κ2) is 4.03. The third-order valence-corrected chi connectivity index (χ3v) is 3.96. The first-order valence-electron chi connectivity index (χ1n) is 5.65. The van der Waals surface area contributed by atoms with Crippen LogP contribution in [0.2, 0.25) is 0 Å². The normalized spacial score (nSPS) is 17.6. The number of hydrogen-bond donors (Lipinski definition) is 1. The van der Waals surface area contributed by atoms with Crippen LogP contribution >= 0.6 is 11.3 Å². The summed E-state index contributed by atoms with van der Waals surface area (Å²) in [6, 6.07) is 4.44. The van der Waals surface area contributed by atoms with Crippen LogP contribution in [-0.2, 0) is 6.54 Å². The lowest BCUT2D eigenvalue weighted by Crippen LogP contribution is -2.28. The number of thiophene rings is 1. The van der Waals surface area contributed by atoms with Crippen LogP contribution in [0, 0.1) is 5.92 Å². The molecule has 0 saturated heterocycles. The molecule has 2 aromatic heterocycles. The minimum atomic E-state index is 0.285. The third-order valence-electron chi connectivity index (χ3n) is 3.09. The van der Waals surface area contributed by atoms with Crippen LogP contribution in [-0.4, -0.2) is 15.6 Å². The minimum Gasteiger partial charge on any atom is -0.329 e. The first-order chi connectivity index (χ1) is 7.84. The highest BCUT2D eigenvalue weighted by atomic mass is 32.1. The third kappa shape index (κ3) is 1.90. The van der Waals surface area contributed by atoms with Crippen molar-refractivity contribution in [3.8, 4) is 10.7 Å². The number of aromatic nitrogens is 2. The quantitative estimate of drug-likeness (QED) is 0.881. The second-order valence-electron chi connectivity index (χ2n) is 4.38. The molecule has 2 N–H and O–H groups in total. The first-order valence-corrected chi connectivity index (χ1v) is 6.53. The zero-order valence-electron chi connectivity index (χ0n) is 9.04. The van der Waals surface area contributed by atoms with E-state index in [0.717, 1.165) is 18.3 Å². The molecule has 0 radical (unpaired) electrons. The van der Waals surface area contributed by atoms with E-state index in [-0.39, 0.29) is 6.04 Å². The SMILES string of the molecule is NC(Cn1ccnc1-c1cccs1)C1CC1. The van der Waals surface area contributed by atoms with Gasteiger partial charge in [-0.05, 0) is 30.2 Å². The molecule has 2 heterocycles. The monoisotopic (exact) mass is 233 g/mol. The number of hydrogen-bond acceptors (Lipinski definition) is 3. The molecule has 1 fully saturated rings. The van der Waals surface area contributed by atoms with Gasteiger partial charge in [-0.2, -0.15) is 0 Å². The summed E-state index contributed by atoms with van der Waals surface area (Å²) in [6.45, 7) is 0.887. The largest absolute Gasteiger partial charge is 0.329 e. The molecular weight excluding hydrogens is 218 g/mol. The molecule has 0 amide bonds. The molecule has 16 heavy (non-hydrogen) atoms. The van der Waals surface area contributed by atoms with Gasteiger partial charge in [-0.3, -0.25) is 0 Å². The molecular formula is C12H15N3S. The van der Waals surface area contributed by atoms with Gasteiger partial charge in [0.15, 0.2) is 0 Å². The van der Waals surface area contributed by atoms with E-state index in [1.807, 2.05) is 12.4 Å². The summed E-state index contributed by atoms with van der Waals surface area (Å²) in [6.07, 6.45) is 6.47. The van der Waals surface area contributed by atoms with Gasteiger partial charge in [0.05, 0.1) is 4.88 Å². The lowest BCUT2D eigenvalue weighted by atomic mass is 10.2. The molecule has 2 aromatic rings. The van der Waals surface area contributed by atoms with Gasteiger partial charge >= 0.3 is 0 Å². The standard InChI is InChI=1S/C12H15N3S/c13-10(9-3-4-9)8-15-6-5-14-12(15)11-2-1-7-16-11/h1-2,5-7,9-10H,3-4,8,13H2. The zero-order valence-corrected chi connectivity index (χ0v) is 9.86. The van der Waals surface area contributed by atoms with Gasteiger partial charge < -0.3 is 10.3 Å². The maximum absolute atomic E-state index is 6.15. The number of nitrogens with zero attached hydrogens (tertiary/aromatic N) is 2. The first kappa shape index (κ1) is 10.1. The van der Waals surface area contributed by atoms with Crippen LogP contribution in [0.25, 0.3) is 10.7 Å². The summed E-state index contributed by atoms with van der Waals surface area (Å²) in [5, 5.41) is 2.08. The van der Waals surface area contributed by atoms with Crippen molar-refractivity contribution in [3.63, 3.8) is 0 Å². The Hall–Kier alpha value is -1.13. The summed E-state index contributed by atoms with van der Waals surface area (Å²) >= 11 is 1.72. The van der Waals surface area contributed by atoms with Gasteiger partial charge in [-0.25, -0.2) is 4.98 Å². The number of rotatable bonds is 4. The average molecular weight is 233 g/mol. The zero-order chi connectivity index (χ0) is 11.0. The Kier molecular flexibility index (Phi) is 2.53. The van der Waals surface area contributed by atoms with Gasteiger partial charge in [-0.15, -0.1) is 11.3 Å². The molecule has 3 nitrogen and oxygen atoms in total. The molecule has 0 bridgehead atoms. The summed E-state index contributed by atoms with van der Waals surface area (Å²) < 4.78 is 2.18. The molecule has 1 aliphatic rings. The molecule has 0 aromatic carbocycles. The Labute approximate surface area is 98.9 Å². The summed E-state index contributed by atoms with van der Waals surface area (Å²) in [5.41, 5.74) is 6.15. The van der Waals surface area contributed by atoms with Crippen LogP contribution in [0.1, 0.15) is 12.8 Å². The fourth-order valence-electron chi connectivity index (χ4n) is 1.99. The van der Waals surface area contributed by atoms with Crippen molar-refractivity contribution in [1.29, 1.82) is 0 Å². The second-order valence-corrected chi connectivity index (χ2v) is 5.33. The van der Waals surface area contributed by atoms with E-state index < -0.39 is 0 Å². The van der Waals surface area contributed by atoms with Gasteiger partial charge in [0, 0.05) is 25.0 Å². The molecule has 1 unspecified atom stereocenters. The Balaban J connectivity index is 1.82. The van der Waals surface area contributed by atoms with Gasteiger partial charge in [0.2, 0.25) is 0 Å². The van der Waals surface area contributed by atoms with Gasteiger partial charge in [0.1, 0.15) is 5.82 Å².